The maximum absolute atomic E-state index is 11.3. The molecular formula is C13H17N3O3. The molecule has 1 amide bonds. The molecule has 0 spiro atoms. The summed E-state index contributed by atoms with van der Waals surface area (Å²) in [5.74, 6) is 0.188. The Hall–Kier alpha value is -1.95. The minimum Gasteiger partial charge on any atom is -0.344 e. The van der Waals surface area contributed by atoms with Crippen LogP contribution in [0.1, 0.15) is 18.4 Å². The molecule has 0 aromatic heterocycles. The molecule has 1 aliphatic rings. The number of likely N-dealkylation sites (N-methyl/N-ethyl adjacent to an activating group) is 1. The molecular weight excluding hydrogens is 246 g/mol. The summed E-state index contributed by atoms with van der Waals surface area (Å²) < 4.78 is 0. The number of nitro benzene ring substituents is 1. The van der Waals surface area contributed by atoms with Gasteiger partial charge in [-0.3, -0.25) is 14.9 Å². The van der Waals surface area contributed by atoms with E-state index in [-0.39, 0.29) is 17.6 Å². The number of carbonyl (C=O) groups excluding carboxylic acids is 1. The zero-order valence-electron chi connectivity index (χ0n) is 10.8. The van der Waals surface area contributed by atoms with E-state index >= 15 is 0 Å². The lowest BCUT2D eigenvalue weighted by atomic mass is 10.1. The average molecular weight is 263 g/mol. The Morgan fingerprint density at radius 3 is 2.68 bits per heavy atom. The van der Waals surface area contributed by atoms with Crippen LogP contribution < -0.4 is 5.32 Å². The number of piperidine rings is 1. The number of likely N-dealkylation sites (tertiary alicyclic amines) is 1. The Balaban J connectivity index is 1.85. The Bertz CT molecular complexity index is 473. The van der Waals surface area contributed by atoms with E-state index in [4.69, 9.17) is 0 Å². The summed E-state index contributed by atoms with van der Waals surface area (Å²) in [6.45, 7) is 1.37. The largest absolute Gasteiger partial charge is 0.344 e. The third-order valence-electron chi connectivity index (χ3n) is 3.37. The summed E-state index contributed by atoms with van der Waals surface area (Å²) in [7, 11) is 1.81. The molecule has 1 aliphatic heterocycles. The Morgan fingerprint density at radius 2 is 2.11 bits per heavy atom. The van der Waals surface area contributed by atoms with Crippen LogP contribution in [0.25, 0.3) is 0 Å². The second-order valence-electron chi connectivity index (χ2n) is 4.81. The van der Waals surface area contributed by atoms with Crippen LogP contribution in [-0.2, 0) is 11.3 Å². The van der Waals surface area contributed by atoms with Gasteiger partial charge in [0.05, 0.1) is 4.92 Å². The van der Waals surface area contributed by atoms with E-state index in [9.17, 15) is 14.9 Å². The predicted molar refractivity (Wildman–Crippen MR) is 70.6 cm³/mol. The van der Waals surface area contributed by atoms with Crippen molar-refractivity contribution in [1.82, 2.24) is 10.2 Å². The number of nitrogens with one attached hydrogen (secondary N) is 1. The second kappa shape index (κ2) is 5.79. The lowest BCUT2D eigenvalue weighted by molar-refractivity contribution is -0.384. The van der Waals surface area contributed by atoms with Crippen LogP contribution in [-0.4, -0.2) is 35.4 Å². The van der Waals surface area contributed by atoms with E-state index in [1.807, 2.05) is 7.05 Å². The average Bonchev–Trinajstić information content (AvgIpc) is 2.40. The molecule has 6 nitrogen and oxygen atoms in total. The molecule has 1 aromatic carbocycles. The smallest absolute Gasteiger partial charge is 0.269 e. The van der Waals surface area contributed by atoms with Gasteiger partial charge in [0.2, 0.25) is 5.91 Å². The molecule has 1 saturated heterocycles. The van der Waals surface area contributed by atoms with Crippen molar-refractivity contribution >= 4 is 11.6 Å². The number of hydrogen-bond donors (Lipinski definition) is 1. The normalized spacial score (nSPS) is 19.5. The van der Waals surface area contributed by atoms with Crippen molar-refractivity contribution in [3.8, 4) is 0 Å². The number of non-ortho nitro benzene ring substituents is 1. The summed E-state index contributed by atoms with van der Waals surface area (Å²) >= 11 is 0. The zero-order valence-corrected chi connectivity index (χ0v) is 10.8. The predicted octanol–water partition coefficient (Wildman–Crippen LogP) is 1.31. The third-order valence-corrected chi connectivity index (χ3v) is 3.37. The van der Waals surface area contributed by atoms with Crippen molar-refractivity contribution in [2.75, 3.05) is 13.6 Å². The van der Waals surface area contributed by atoms with Crippen molar-refractivity contribution in [1.29, 1.82) is 0 Å². The highest BCUT2D eigenvalue weighted by atomic mass is 16.6. The van der Waals surface area contributed by atoms with E-state index in [0.717, 1.165) is 12.0 Å². The molecule has 1 N–H and O–H groups in total. The maximum Gasteiger partial charge on any atom is 0.269 e. The monoisotopic (exact) mass is 263 g/mol. The van der Waals surface area contributed by atoms with Gasteiger partial charge in [-0.25, -0.2) is 0 Å². The fourth-order valence-corrected chi connectivity index (χ4v) is 2.18. The molecule has 0 radical (unpaired) electrons. The van der Waals surface area contributed by atoms with Crippen molar-refractivity contribution in [3.05, 3.63) is 39.9 Å². The number of carbonyl (C=O) groups is 1. The highest BCUT2D eigenvalue weighted by molar-refractivity contribution is 5.76. The van der Waals surface area contributed by atoms with Crippen molar-refractivity contribution in [2.45, 2.75) is 25.4 Å². The van der Waals surface area contributed by atoms with E-state index in [0.29, 0.717) is 19.5 Å². The molecule has 2 rings (SSSR count). The molecule has 6 heteroatoms. The quantitative estimate of drug-likeness (QED) is 0.656. The highest BCUT2D eigenvalue weighted by Gasteiger charge is 2.22. The third kappa shape index (κ3) is 3.51. The van der Waals surface area contributed by atoms with E-state index < -0.39 is 4.92 Å². The summed E-state index contributed by atoms with van der Waals surface area (Å²) in [6.07, 6.45) is 1.42. The second-order valence-corrected chi connectivity index (χ2v) is 4.81. The van der Waals surface area contributed by atoms with Crippen LogP contribution >= 0.6 is 0 Å². The maximum atomic E-state index is 11.3. The van der Waals surface area contributed by atoms with E-state index in [2.05, 4.69) is 5.32 Å². The van der Waals surface area contributed by atoms with Crippen LogP contribution in [0.2, 0.25) is 0 Å². The summed E-state index contributed by atoms with van der Waals surface area (Å²) in [6, 6.07) is 6.81. The number of rotatable bonds is 4. The summed E-state index contributed by atoms with van der Waals surface area (Å²) in [5, 5.41) is 13.9. The van der Waals surface area contributed by atoms with Crippen LogP contribution in [0.5, 0.6) is 0 Å². The fraction of sp³-hybridized carbons (Fsp3) is 0.462. The van der Waals surface area contributed by atoms with Gasteiger partial charge >= 0.3 is 0 Å². The number of nitrogens with zero attached hydrogens (tertiary/aromatic N) is 2. The Labute approximate surface area is 111 Å². The molecule has 0 bridgehead atoms. The van der Waals surface area contributed by atoms with Crippen molar-refractivity contribution in [2.24, 2.45) is 0 Å². The molecule has 1 aromatic rings. The SMILES string of the molecule is CN1CC(NCc2ccc([N+](=O)[O-])cc2)CCC1=O. The van der Waals surface area contributed by atoms with Gasteiger partial charge in [-0.1, -0.05) is 12.1 Å². The number of nitro groups is 1. The molecule has 1 atom stereocenters. The standard InChI is InChI=1S/C13H17N3O3/c1-15-9-11(4-7-13(15)17)14-8-10-2-5-12(6-3-10)16(18)19/h2-3,5-6,11,14H,4,7-9H2,1H3. The van der Waals surface area contributed by atoms with Crippen LogP contribution in [0.4, 0.5) is 5.69 Å². The molecule has 1 heterocycles. The number of hydrogen-bond acceptors (Lipinski definition) is 4. The number of benzene rings is 1. The number of amides is 1. The summed E-state index contributed by atoms with van der Waals surface area (Å²) in [5.41, 5.74) is 1.11. The van der Waals surface area contributed by atoms with Gasteiger partial charge in [0.25, 0.3) is 5.69 Å². The van der Waals surface area contributed by atoms with Gasteiger partial charge in [-0.05, 0) is 12.0 Å². The van der Waals surface area contributed by atoms with E-state index in [1.54, 1.807) is 17.0 Å². The molecule has 1 unspecified atom stereocenters. The Morgan fingerprint density at radius 1 is 1.42 bits per heavy atom. The molecule has 102 valence electrons. The zero-order chi connectivity index (χ0) is 13.8. The van der Waals surface area contributed by atoms with Crippen LogP contribution in [0.15, 0.2) is 24.3 Å². The fourth-order valence-electron chi connectivity index (χ4n) is 2.18. The van der Waals surface area contributed by atoms with Crippen LogP contribution in [0.3, 0.4) is 0 Å². The van der Waals surface area contributed by atoms with E-state index in [1.165, 1.54) is 12.1 Å². The minimum absolute atomic E-state index is 0.103. The molecule has 19 heavy (non-hydrogen) atoms. The Kier molecular flexibility index (Phi) is 4.11. The van der Waals surface area contributed by atoms with Crippen molar-refractivity contribution in [3.63, 3.8) is 0 Å². The first kappa shape index (κ1) is 13.5. The van der Waals surface area contributed by atoms with Gasteiger partial charge < -0.3 is 10.2 Å². The highest BCUT2D eigenvalue weighted by Crippen LogP contribution is 2.13. The first-order chi connectivity index (χ1) is 9.06. The van der Waals surface area contributed by atoms with Gasteiger partial charge in [-0.15, -0.1) is 0 Å². The van der Waals surface area contributed by atoms with Gasteiger partial charge in [0, 0.05) is 44.7 Å². The lowest BCUT2D eigenvalue weighted by Gasteiger charge is -2.30. The van der Waals surface area contributed by atoms with Crippen LogP contribution in [0, 0.1) is 10.1 Å². The lowest BCUT2D eigenvalue weighted by Crippen LogP contribution is -2.46. The minimum atomic E-state index is -0.404. The molecule has 0 saturated carbocycles. The molecule has 0 aliphatic carbocycles. The van der Waals surface area contributed by atoms with Gasteiger partial charge in [0.1, 0.15) is 0 Å². The first-order valence-electron chi connectivity index (χ1n) is 6.27. The van der Waals surface area contributed by atoms with Crippen molar-refractivity contribution < 1.29 is 9.72 Å². The topological polar surface area (TPSA) is 75.5 Å². The summed E-state index contributed by atoms with van der Waals surface area (Å²) in [4.78, 5) is 23.2. The molecule has 1 fully saturated rings. The van der Waals surface area contributed by atoms with Gasteiger partial charge in [0.15, 0.2) is 0 Å². The first-order valence-corrected chi connectivity index (χ1v) is 6.27. The van der Waals surface area contributed by atoms with Gasteiger partial charge in [-0.2, -0.15) is 0 Å².